The van der Waals surface area contributed by atoms with Crippen LogP contribution in [0.1, 0.15) is 43.1 Å². The third-order valence-corrected chi connectivity index (χ3v) is 12.5. The van der Waals surface area contributed by atoms with E-state index in [0.29, 0.717) is 22.8 Å². The second-order valence-electron chi connectivity index (χ2n) is 14.9. The number of rotatable bonds is 14. The summed E-state index contributed by atoms with van der Waals surface area (Å²) in [5, 5.41) is 0. The molecule has 1 aliphatic carbocycles. The molecule has 0 bridgehead atoms. The molecular weight excluding hydrogens is 727 g/mol. The molecule has 0 radical (unpaired) electrons. The Morgan fingerprint density at radius 2 is 0.887 bits per heavy atom. The van der Waals surface area contributed by atoms with Crippen molar-refractivity contribution in [3.63, 3.8) is 0 Å². The molecule has 288 valence electrons. The van der Waals surface area contributed by atoms with Crippen LogP contribution in [0.2, 0.25) is 0 Å². The van der Waals surface area contributed by atoms with Gasteiger partial charge in [-0.1, -0.05) is 36.4 Å². The minimum absolute atomic E-state index is 0.232. The summed E-state index contributed by atoms with van der Waals surface area (Å²) < 4.78 is 95.9. The van der Waals surface area contributed by atoms with Gasteiger partial charge in [0.1, 0.15) is 0 Å². The Kier molecular flexibility index (Phi) is 12.1. The second kappa shape index (κ2) is 15.6. The fraction of sp³-hybridized carbons (Fsp3) is 0.463. The van der Waals surface area contributed by atoms with Gasteiger partial charge >= 0.3 is 17.8 Å². The van der Waals surface area contributed by atoms with Crippen LogP contribution in [0.25, 0.3) is 32.0 Å². The number of nitrogens with zero attached hydrogens (tertiary/aromatic N) is 4. The summed E-state index contributed by atoms with van der Waals surface area (Å²) in [7, 11) is 12.0. The van der Waals surface area contributed by atoms with E-state index in [2.05, 4.69) is 19.6 Å². The lowest BCUT2D eigenvalue weighted by atomic mass is 9.89. The number of hydrogen-bond acceptors (Lipinski definition) is 6. The molecule has 53 heavy (non-hydrogen) atoms. The van der Waals surface area contributed by atoms with Crippen LogP contribution in [0.3, 0.4) is 0 Å². The summed E-state index contributed by atoms with van der Waals surface area (Å²) in [6.45, 7) is 10.9. The van der Waals surface area contributed by atoms with Crippen molar-refractivity contribution in [3.05, 3.63) is 91.7 Å². The van der Waals surface area contributed by atoms with E-state index in [9.17, 15) is 0 Å². The van der Waals surface area contributed by atoms with Crippen molar-refractivity contribution in [2.24, 2.45) is 0 Å². The molecule has 2 heterocycles. The Bertz CT molecular complexity index is 1840. The molecule has 0 fully saturated rings. The Morgan fingerprint density at radius 3 is 1.23 bits per heavy atom. The summed E-state index contributed by atoms with van der Waals surface area (Å²) in [4.78, 5) is 10.2. The third kappa shape index (κ3) is 7.91. The molecule has 0 amide bonds. The van der Waals surface area contributed by atoms with Gasteiger partial charge in [0.25, 0.3) is 0 Å². The first-order valence-electron chi connectivity index (χ1n) is 17.6. The molecule has 0 atom stereocenters. The Morgan fingerprint density at radius 1 is 0.528 bits per heavy atom. The van der Waals surface area contributed by atoms with Crippen molar-refractivity contribution in [3.8, 4) is 20.9 Å². The molecule has 5 rings (SSSR count). The molecule has 2 aromatic heterocycles. The van der Waals surface area contributed by atoms with E-state index >= 15 is 26.3 Å². The van der Waals surface area contributed by atoms with Crippen LogP contribution >= 0.6 is 22.7 Å². The molecule has 2 aromatic carbocycles. The van der Waals surface area contributed by atoms with Crippen LogP contribution in [0.5, 0.6) is 0 Å². The number of halogens is 6. The van der Waals surface area contributed by atoms with Gasteiger partial charge in [-0.05, 0) is 115 Å². The molecule has 4 nitrogen and oxygen atoms in total. The van der Waals surface area contributed by atoms with Gasteiger partial charge in [-0.25, -0.2) is 0 Å². The van der Waals surface area contributed by atoms with Crippen LogP contribution in [0.4, 0.5) is 26.3 Å². The lowest BCUT2D eigenvalue weighted by molar-refractivity contribution is -0.254. The highest BCUT2D eigenvalue weighted by Gasteiger charge is 2.80. The predicted molar refractivity (Wildman–Crippen MR) is 210 cm³/mol. The maximum absolute atomic E-state index is 16.2. The standard InChI is InChI=1S/C41H50F6N4S2/c1-25-33(27(3)52-37(25)31-15-11-13-29(21-31)23-50(9)19-17-48(5)6)35-36(40(44,45)41(46,47)39(35,42)43)34-26(2)38(53-28(34)4)32-16-12-14-30(22-32)24-51(10)20-18-49(7)8/h11-16,21-22H,17-20,23-24H2,1-10H3. The average molecular weight is 777 g/mol. The van der Waals surface area contributed by atoms with Gasteiger partial charge in [0, 0.05) is 81.1 Å². The molecule has 1 aliphatic rings. The maximum atomic E-state index is 16.2. The Labute approximate surface area is 318 Å². The normalized spacial score (nSPS) is 16.7. The van der Waals surface area contributed by atoms with Crippen molar-refractivity contribution >= 4 is 33.8 Å². The van der Waals surface area contributed by atoms with E-state index in [1.165, 1.54) is 0 Å². The summed E-state index contributed by atoms with van der Waals surface area (Å²) in [6.07, 6.45) is 0. The number of aryl methyl sites for hydroxylation is 2. The minimum atomic E-state index is -5.64. The first-order chi connectivity index (χ1) is 24.7. The van der Waals surface area contributed by atoms with E-state index in [1.807, 2.05) is 90.8 Å². The van der Waals surface area contributed by atoms with Crippen LogP contribution in [0, 0.1) is 27.7 Å². The number of likely N-dealkylation sites (N-methyl/N-ethyl adjacent to an activating group) is 4. The van der Waals surface area contributed by atoms with E-state index in [4.69, 9.17) is 0 Å². The predicted octanol–water partition coefficient (Wildman–Crippen LogP) is 10.2. The number of allylic oxidation sites excluding steroid dienone is 2. The Balaban J connectivity index is 1.62. The third-order valence-electron chi connectivity index (χ3n) is 9.95. The molecule has 4 aromatic rings. The first kappa shape index (κ1) is 41.2. The van der Waals surface area contributed by atoms with E-state index in [0.717, 1.165) is 71.1 Å². The quantitative estimate of drug-likeness (QED) is 0.118. The lowest BCUT2D eigenvalue weighted by Gasteiger charge is -2.26. The van der Waals surface area contributed by atoms with Crippen LogP contribution in [0.15, 0.2) is 48.5 Å². The van der Waals surface area contributed by atoms with Gasteiger partial charge in [-0.15, -0.1) is 22.7 Å². The van der Waals surface area contributed by atoms with Gasteiger partial charge < -0.3 is 19.6 Å². The summed E-state index contributed by atoms with van der Waals surface area (Å²) in [6, 6.07) is 15.3. The first-order valence-corrected chi connectivity index (χ1v) is 19.3. The zero-order valence-electron chi connectivity index (χ0n) is 32.2. The van der Waals surface area contributed by atoms with Crippen LogP contribution < -0.4 is 0 Å². The van der Waals surface area contributed by atoms with Crippen molar-refractivity contribution < 1.29 is 26.3 Å². The topological polar surface area (TPSA) is 13.0 Å². The molecular formula is C41H50F6N4S2. The molecule has 12 heteroatoms. The number of alkyl halides is 6. The zero-order valence-corrected chi connectivity index (χ0v) is 33.9. The number of hydrogen-bond donors (Lipinski definition) is 0. The molecule has 0 saturated carbocycles. The summed E-state index contributed by atoms with van der Waals surface area (Å²) in [5.41, 5.74) is 0.954. The highest BCUT2D eigenvalue weighted by atomic mass is 32.1. The van der Waals surface area contributed by atoms with Crippen LogP contribution in [-0.2, 0) is 13.1 Å². The van der Waals surface area contributed by atoms with Crippen LogP contribution in [-0.4, -0.2) is 106 Å². The monoisotopic (exact) mass is 776 g/mol. The summed E-state index contributed by atoms with van der Waals surface area (Å²) in [5.74, 6) is -15.9. The highest BCUT2D eigenvalue weighted by Crippen LogP contribution is 2.67. The number of benzene rings is 2. The largest absolute Gasteiger partial charge is 0.380 e. The van der Waals surface area contributed by atoms with Gasteiger partial charge in [-0.2, -0.15) is 26.3 Å². The molecule has 0 N–H and O–H groups in total. The fourth-order valence-electron chi connectivity index (χ4n) is 7.13. The van der Waals surface area contributed by atoms with Crippen molar-refractivity contribution in [2.75, 3.05) is 68.5 Å². The van der Waals surface area contributed by atoms with Gasteiger partial charge in [-0.3, -0.25) is 0 Å². The lowest BCUT2D eigenvalue weighted by Crippen LogP contribution is -2.49. The van der Waals surface area contributed by atoms with Gasteiger partial charge in [0.2, 0.25) is 0 Å². The van der Waals surface area contributed by atoms with E-state index < -0.39 is 28.9 Å². The van der Waals surface area contributed by atoms with Crippen molar-refractivity contribution in [1.82, 2.24) is 19.6 Å². The zero-order chi connectivity index (χ0) is 39.2. The highest BCUT2D eigenvalue weighted by molar-refractivity contribution is 7.16. The van der Waals surface area contributed by atoms with Gasteiger partial charge in [0.15, 0.2) is 0 Å². The van der Waals surface area contributed by atoms with E-state index in [1.54, 1.807) is 27.7 Å². The second-order valence-corrected chi connectivity index (χ2v) is 17.4. The maximum Gasteiger partial charge on any atom is 0.380 e. The molecule has 0 spiro atoms. The van der Waals surface area contributed by atoms with E-state index in [-0.39, 0.29) is 32.0 Å². The average Bonchev–Trinajstić information content (AvgIpc) is 3.56. The fourth-order valence-corrected chi connectivity index (χ4v) is 9.46. The Hall–Kier alpha value is -3.00. The smallest absolute Gasteiger partial charge is 0.308 e. The van der Waals surface area contributed by atoms with Crippen molar-refractivity contribution in [2.45, 2.75) is 58.6 Å². The number of thiophene rings is 2. The molecule has 0 unspecified atom stereocenters. The van der Waals surface area contributed by atoms with Gasteiger partial charge in [0.05, 0.1) is 0 Å². The van der Waals surface area contributed by atoms with Crippen molar-refractivity contribution in [1.29, 1.82) is 0 Å². The summed E-state index contributed by atoms with van der Waals surface area (Å²) >= 11 is 2.32. The minimum Gasteiger partial charge on any atom is -0.308 e. The molecule has 0 saturated heterocycles. The molecule has 0 aliphatic heterocycles. The SMILES string of the molecule is Cc1sc(-c2cccc(CN(C)CCN(C)C)c2)c(C)c1C1=C(c2c(C)sc(-c3cccc(CN(C)CCN(C)C)c3)c2C)C(F)(F)C(F)(F)C1(F)F.